The lowest BCUT2D eigenvalue weighted by molar-refractivity contribution is -0.109. The van der Waals surface area contributed by atoms with Crippen molar-refractivity contribution in [2.45, 2.75) is 25.3 Å². The van der Waals surface area contributed by atoms with Gasteiger partial charge in [-0.2, -0.15) is 0 Å². The second-order valence-corrected chi connectivity index (χ2v) is 4.79. The van der Waals surface area contributed by atoms with Gasteiger partial charge in [-0.1, -0.05) is 12.1 Å². The number of carbonyl (C=O) groups is 2. The van der Waals surface area contributed by atoms with Gasteiger partial charge in [-0.15, -0.1) is 0 Å². The summed E-state index contributed by atoms with van der Waals surface area (Å²) in [5, 5.41) is 0. The second-order valence-electron chi connectivity index (χ2n) is 4.79. The number of nitrogens with zero attached hydrogens (tertiary/aromatic N) is 1. The molecule has 0 aliphatic carbocycles. The van der Waals surface area contributed by atoms with E-state index in [1.165, 1.54) is 0 Å². The number of aldehydes is 2. The minimum absolute atomic E-state index is 0.390. The Morgan fingerprint density at radius 2 is 1.81 bits per heavy atom. The monoisotopic (exact) mass is 294 g/mol. The lowest BCUT2D eigenvalue weighted by Crippen LogP contribution is -2.28. The molecule has 1 aromatic rings. The van der Waals surface area contributed by atoms with Crippen LogP contribution in [-0.2, 0) is 20.7 Å². The van der Waals surface area contributed by atoms with Gasteiger partial charge in [0.15, 0.2) is 0 Å². The van der Waals surface area contributed by atoms with Crippen LogP contribution in [0.15, 0.2) is 24.3 Å². The predicted molar refractivity (Wildman–Crippen MR) is 85.7 cm³/mol. The van der Waals surface area contributed by atoms with Gasteiger partial charge in [-0.25, -0.2) is 0 Å². The average Bonchev–Trinajstić information content (AvgIpc) is 2.51. The SMILES string of the molecule is CN(CCC(N)C=O)c1ccc(CCC=O)cc1.COC. The zero-order valence-corrected chi connectivity index (χ0v) is 13.1. The van der Waals surface area contributed by atoms with E-state index in [1.54, 1.807) is 14.2 Å². The first-order valence-electron chi connectivity index (χ1n) is 6.93. The fraction of sp³-hybridized carbons (Fsp3) is 0.500. The summed E-state index contributed by atoms with van der Waals surface area (Å²) in [6, 6.07) is 7.70. The Balaban J connectivity index is 0.00000122. The summed E-state index contributed by atoms with van der Waals surface area (Å²) in [6.45, 7) is 0.744. The first kappa shape index (κ1) is 19.3. The summed E-state index contributed by atoms with van der Waals surface area (Å²) < 4.78 is 4.25. The van der Waals surface area contributed by atoms with Crippen LogP contribution in [0.1, 0.15) is 18.4 Å². The number of hydrogen-bond donors (Lipinski definition) is 1. The van der Waals surface area contributed by atoms with Crippen LogP contribution in [-0.4, -0.2) is 46.4 Å². The van der Waals surface area contributed by atoms with Gasteiger partial charge in [0.25, 0.3) is 0 Å². The fourth-order valence-corrected chi connectivity index (χ4v) is 1.68. The van der Waals surface area contributed by atoms with Crippen molar-refractivity contribution in [1.82, 2.24) is 0 Å². The van der Waals surface area contributed by atoms with Gasteiger partial charge in [-0.05, 0) is 30.5 Å². The van der Waals surface area contributed by atoms with E-state index in [4.69, 9.17) is 5.73 Å². The van der Waals surface area contributed by atoms with E-state index in [-0.39, 0.29) is 6.04 Å². The molecule has 5 nitrogen and oxygen atoms in total. The highest BCUT2D eigenvalue weighted by atomic mass is 16.4. The molecule has 1 unspecified atom stereocenters. The summed E-state index contributed by atoms with van der Waals surface area (Å²) in [5.74, 6) is 0. The molecule has 0 aliphatic rings. The third-order valence-electron chi connectivity index (χ3n) is 2.90. The van der Waals surface area contributed by atoms with Crippen molar-refractivity contribution in [2.24, 2.45) is 5.73 Å². The number of ether oxygens (including phenoxy) is 1. The van der Waals surface area contributed by atoms with Crippen LogP contribution in [0.4, 0.5) is 5.69 Å². The maximum Gasteiger partial charge on any atom is 0.136 e. The van der Waals surface area contributed by atoms with Crippen molar-refractivity contribution < 1.29 is 14.3 Å². The van der Waals surface area contributed by atoms with Crippen LogP contribution in [0.3, 0.4) is 0 Å². The van der Waals surface area contributed by atoms with Crippen LogP contribution >= 0.6 is 0 Å². The smallest absolute Gasteiger partial charge is 0.136 e. The van der Waals surface area contributed by atoms with Crippen molar-refractivity contribution in [3.63, 3.8) is 0 Å². The van der Waals surface area contributed by atoms with Gasteiger partial charge in [-0.3, -0.25) is 0 Å². The van der Waals surface area contributed by atoms with Crippen molar-refractivity contribution >= 4 is 18.3 Å². The van der Waals surface area contributed by atoms with Gasteiger partial charge in [0.1, 0.15) is 12.6 Å². The predicted octanol–water partition coefficient (Wildman–Crippen LogP) is 1.43. The normalized spacial score (nSPS) is 11.0. The number of aryl methyl sites for hydroxylation is 1. The molecule has 5 heteroatoms. The Kier molecular flexibility index (Phi) is 11.1. The molecule has 0 amide bonds. The quantitative estimate of drug-likeness (QED) is 0.734. The molecular formula is C16H26N2O3. The Labute approximate surface area is 127 Å². The number of rotatable bonds is 8. The summed E-state index contributed by atoms with van der Waals surface area (Å²) in [5.41, 5.74) is 7.79. The molecule has 0 saturated heterocycles. The minimum Gasteiger partial charge on any atom is -0.388 e. The zero-order chi connectivity index (χ0) is 16.1. The van der Waals surface area contributed by atoms with E-state index >= 15 is 0 Å². The molecule has 1 rings (SSSR count). The van der Waals surface area contributed by atoms with Crippen molar-refractivity contribution in [2.75, 3.05) is 32.7 Å². The van der Waals surface area contributed by atoms with E-state index in [0.717, 1.165) is 36.8 Å². The van der Waals surface area contributed by atoms with Crippen molar-refractivity contribution in [3.8, 4) is 0 Å². The average molecular weight is 294 g/mol. The van der Waals surface area contributed by atoms with Crippen LogP contribution in [0, 0.1) is 0 Å². The van der Waals surface area contributed by atoms with E-state index in [2.05, 4.69) is 9.64 Å². The number of hydrogen-bond acceptors (Lipinski definition) is 5. The highest BCUT2D eigenvalue weighted by molar-refractivity contribution is 5.57. The van der Waals surface area contributed by atoms with Gasteiger partial charge < -0.3 is 25.0 Å². The molecule has 0 heterocycles. The maximum atomic E-state index is 10.4. The standard InChI is InChI=1S/C14H20N2O2.C2H6O/c1-16(9-8-13(15)11-18)14-6-4-12(5-7-14)3-2-10-17;1-3-2/h4-7,10-11,13H,2-3,8-9,15H2,1H3;1-2H3. The molecule has 21 heavy (non-hydrogen) atoms. The molecule has 0 radical (unpaired) electrons. The van der Waals surface area contributed by atoms with Crippen LogP contribution < -0.4 is 10.6 Å². The Morgan fingerprint density at radius 3 is 2.29 bits per heavy atom. The molecule has 0 bridgehead atoms. The lowest BCUT2D eigenvalue weighted by Gasteiger charge is -2.20. The maximum absolute atomic E-state index is 10.4. The summed E-state index contributed by atoms with van der Waals surface area (Å²) in [7, 11) is 5.22. The highest BCUT2D eigenvalue weighted by Gasteiger charge is 2.04. The first-order valence-corrected chi connectivity index (χ1v) is 6.93. The molecule has 2 N–H and O–H groups in total. The Morgan fingerprint density at radius 1 is 1.24 bits per heavy atom. The molecule has 0 fully saturated rings. The largest absolute Gasteiger partial charge is 0.388 e. The Hall–Kier alpha value is -1.72. The number of benzene rings is 1. The summed E-state index contributed by atoms with van der Waals surface area (Å²) in [6.07, 6.45) is 3.69. The van der Waals surface area contributed by atoms with Gasteiger partial charge in [0.2, 0.25) is 0 Å². The number of carbonyl (C=O) groups excluding carboxylic acids is 2. The van der Waals surface area contributed by atoms with Crippen LogP contribution in [0.25, 0.3) is 0 Å². The second kappa shape index (κ2) is 12.1. The molecule has 0 aliphatic heterocycles. The molecule has 0 aromatic heterocycles. The van der Waals surface area contributed by atoms with Crippen LogP contribution in [0.5, 0.6) is 0 Å². The van der Waals surface area contributed by atoms with Gasteiger partial charge >= 0.3 is 0 Å². The van der Waals surface area contributed by atoms with Gasteiger partial charge in [0.05, 0.1) is 6.04 Å². The van der Waals surface area contributed by atoms with E-state index in [0.29, 0.717) is 12.8 Å². The van der Waals surface area contributed by atoms with Gasteiger partial charge in [0, 0.05) is 39.9 Å². The number of anilines is 1. The summed E-state index contributed by atoms with van der Waals surface area (Å²) in [4.78, 5) is 22.8. The topological polar surface area (TPSA) is 72.6 Å². The lowest BCUT2D eigenvalue weighted by atomic mass is 10.1. The third kappa shape index (κ3) is 8.94. The van der Waals surface area contributed by atoms with E-state index in [9.17, 15) is 9.59 Å². The molecular weight excluding hydrogens is 268 g/mol. The highest BCUT2D eigenvalue weighted by Crippen LogP contribution is 2.15. The number of methoxy groups -OCH3 is 1. The van der Waals surface area contributed by atoms with Crippen LogP contribution in [0.2, 0.25) is 0 Å². The minimum atomic E-state index is -0.390. The zero-order valence-electron chi connectivity index (χ0n) is 13.1. The Bertz CT molecular complexity index is 393. The van der Waals surface area contributed by atoms with Crippen molar-refractivity contribution in [1.29, 1.82) is 0 Å². The first-order chi connectivity index (χ1) is 10.1. The fourth-order valence-electron chi connectivity index (χ4n) is 1.68. The molecule has 1 aromatic carbocycles. The molecule has 0 spiro atoms. The van der Waals surface area contributed by atoms with E-state index < -0.39 is 0 Å². The van der Waals surface area contributed by atoms with E-state index in [1.807, 2.05) is 31.3 Å². The third-order valence-corrected chi connectivity index (χ3v) is 2.90. The molecule has 118 valence electrons. The molecule has 0 saturated carbocycles. The number of nitrogens with two attached hydrogens (primary N) is 1. The van der Waals surface area contributed by atoms with Crippen molar-refractivity contribution in [3.05, 3.63) is 29.8 Å². The summed E-state index contributed by atoms with van der Waals surface area (Å²) >= 11 is 0. The molecule has 1 atom stereocenters.